The SMILES string of the molecule is Cn1nc(C(=O)NCC2CCN(CCc3ccc(F)cc3)CC2)c2c1-c1ccsc1CC2. The van der Waals surface area contributed by atoms with E-state index in [1.54, 1.807) is 11.3 Å². The maximum Gasteiger partial charge on any atom is 0.272 e. The number of amides is 1. The molecule has 2 aromatic heterocycles. The molecule has 5 rings (SSSR count). The molecule has 0 bridgehead atoms. The normalized spacial score (nSPS) is 16.6. The molecule has 32 heavy (non-hydrogen) atoms. The monoisotopic (exact) mass is 452 g/mol. The molecule has 1 aliphatic heterocycles. The number of piperidine rings is 1. The molecule has 1 N–H and O–H groups in total. The van der Waals surface area contributed by atoms with Crippen molar-refractivity contribution in [2.75, 3.05) is 26.2 Å². The Hall–Kier alpha value is -2.51. The number of nitrogens with zero attached hydrogens (tertiary/aromatic N) is 3. The van der Waals surface area contributed by atoms with E-state index in [1.807, 2.05) is 23.9 Å². The molecule has 1 aromatic carbocycles. The fourth-order valence-corrected chi connectivity index (χ4v) is 5.86. The van der Waals surface area contributed by atoms with Crippen molar-refractivity contribution in [2.45, 2.75) is 32.1 Å². The number of halogens is 1. The van der Waals surface area contributed by atoms with Gasteiger partial charge in [-0.15, -0.1) is 11.3 Å². The van der Waals surface area contributed by atoms with E-state index in [2.05, 4.69) is 26.8 Å². The number of rotatable bonds is 6. The number of likely N-dealkylation sites (tertiary alicyclic amines) is 1. The van der Waals surface area contributed by atoms with Crippen LogP contribution in [0.15, 0.2) is 35.7 Å². The molecular weight excluding hydrogens is 423 g/mol. The number of fused-ring (bicyclic) bond motifs is 3. The maximum absolute atomic E-state index is 13.0. The van der Waals surface area contributed by atoms with E-state index < -0.39 is 0 Å². The minimum absolute atomic E-state index is 0.0423. The molecule has 0 saturated carbocycles. The summed E-state index contributed by atoms with van der Waals surface area (Å²) in [7, 11) is 1.93. The van der Waals surface area contributed by atoms with Crippen molar-refractivity contribution in [3.63, 3.8) is 0 Å². The number of nitrogens with one attached hydrogen (secondary N) is 1. The first-order chi connectivity index (χ1) is 15.6. The third kappa shape index (κ3) is 4.36. The average molecular weight is 453 g/mol. The van der Waals surface area contributed by atoms with E-state index in [0.717, 1.165) is 63.0 Å². The Balaban J connectivity index is 1.11. The Kier molecular flexibility index (Phi) is 6.11. The van der Waals surface area contributed by atoms with Crippen LogP contribution in [-0.4, -0.2) is 46.8 Å². The van der Waals surface area contributed by atoms with Gasteiger partial charge >= 0.3 is 0 Å². The van der Waals surface area contributed by atoms with Crippen LogP contribution in [0.5, 0.6) is 0 Å². The van der Waals surface area contributed by atoms with Crippen molar-refractivity contribution in [1.29, 1.82) is 0 Å². The minimum atomic E-state index is -0.181. The molecule has 2 aliphatic rings. The lowest BCUT2D eigenvalue weighted by Crippen LogP contribution is -2.39. The highest BCUT2D eigenvalue weighted by Crippen LogP contribution is 2.37. The summed E-state index contributed by atoms with van der Waals surface area (Å²) < 4.78 is 14.9. The first-order valence-corrected chi connectivity index (χ1v) is 12.3. The van der Waals surface area contributed by atoms with Gasteiger partial charge in [-0.3, -0.25) is 9.48 Å². The van der Waals surface area contributed by atoms with E-state index in [-0.39, 0.29) is 11.7 Å². The van der Waals surface area contributed by atoms with Crippen LogP contribution in [0.25, 0.3) is 11.3 Å². The molecule has 0 spiro atoms. The topological polar surface area (TPSA) is 50.2 Å². The van der Waals surface area contributed by atoms with Gasteiger partial charge in [0.25, 0.3) is 5.91 Å². The van der Waals surface area contributed by atoms with Gasteiger partial charge in [0.2, 0.25) is 0 Å². The second-order valence-electron chi connectivity index (χ2n) is 8.93. The van der Waals surface area contributed by atoms with Gasteiger partial charge < -0.3 is 10.2 Å². The zero-order chi connectivity index (χ0) is 22.1. The highest BCUT2D eigenvalue weighted by molar-refractivity contribution is 7.10. The molecule has 1 aliphatic carbocycles. The summed E-state index contributed by atoms with van der Waals surface area (Å²) in [6, 6.07) is 8.94. The van der Waals surface area contributed by atoms with Gasteiger partial charge in [-0.2, -0.15) is 5.10 Å². The van der Waals surface area contributed by atoms with Crippen LogP contribution in [-0.2, 0) is 26.3 Å². The summed E-state index contributed by atoms with van der Waals surface area (Å²) >= 11 is 1.79. The Morgan fingerprint density at radius 2 is 1.97 bits per heavy atom. The number of aromatic nitrogens is 2. The van der Waals surface area contributed by atoms with Gasteiger partial charge in [0.15, 0.2) is 5.69 Å². The molecule has 3 heterocycles. The van der Waals surface area contributed by atoms with Crippen molar-refractivity contribution in [1.82, 2.24) is 20.0 Å². The predicted octanol–water partition coefficient (Wildman–Crippen LogP) is 4.07. The number of aryl methyl sites for hydroxylation is 2. The van der Waals surface area contributed by atoms with Gasteiger partial charge in [0.05, 0.1) is 5.69 Å². The molecular formula is C25H29FN4OS. The quantitative estimate of drug-likeness (QED) is 0.613. The molecule has 1 amide bonds. The molecule has 5 nitrogen and oxygen atoms in total. The van der Waals surface area contributed by atoms with Crippen molar-refractivity contribution < 1.29 is 9.18 Å². The van der Waals surface area contributed by atoms with Gasteiger partial charge in [0.1, 0.15) is 5.82 Å². The highest BCUT2D eigenvalue weighted by Gasteiger charge is 2.28. The van der Waals surface area contributed by atoms with E-state index in [0.29, 0.717) is 18.2 Å². The largest absolute Gasteiger partial charge is 0.350 e. The summed E-state index contributed by atoms with van der Waals surface area (Å²) in [5, 5.41) is 9.87. The lowest BCUT2D eigenvalue weighted by atomic mass is 9.94. The molecule has 7 heteroatoms. The predicted molar refractivity (Wildman–Crippen MR) is 126 cm³/mol. The minimum Gasteiger partial charge on any atom is -0.350 e. The fourth-order valence-electron chi connectivity index (χ4n) is 4.98. The van der Waals surface area contributed by atoms with Gasteiger partial charge in [-0.25, -0.2) is 4.39 Å². The van der Waals surface area contributed by atoms with Crippen LogP contribution < -0.4 is 5.32 Å². The molecule has 0 atom stereocenters. The van der Waals surface area contributed by atoms with Crippen LogP contribution in [0.2, 0.25) is 0 Å². The number of hydrogen-bond donors (Lipinski definition) is 1. The number of thiophene rings is 1. The number of carbonyl (C=O) groups is 1. The lowest BCUT2D eigenvalue weighted by Gasteiger charge is -2.32. The lowest BCUT2D eigenvalue weighted by molar-refractivity contribution is 0.0929. The third-order valence-electron chi connectivity index (χ3n) is 6.85. The van der Waals surface area contributed by atoms with Crippen LogP contribution in [0.1, 0.15) is 39.3 Å². The summed E-state index contributed by atoms with van der Waals surface area (Å²) in [5.41, 5.74) is 5.20. The Morgan fingerprint density at radius 1 is 1.19 bits per heavy atom. The van der Waals surface area contributed by atoms with Crippen molar-refractivity contribution in [2.24, 2.45) is 13.0 Å². The van der Waals surface area contributed by atoms with E-state index >= 15 is 0 Å². The molecule has 3 aromatic rings. The van der Waals surface area contributed by atoms with Gasteiger partial charge in [-0.1, -0.05) is 12.1 Å². The summed E-state index contributed by atoms with van der Waals surface area (Å²) in [4.78, 5) is 16.8. The average Bonchev–Trinajstić information content (AvgIpc) is 3.42. The summed E-state index contributed by atoms with van der Waals surface area (Å²) in [6.07, 6.45) is 4.98. The van der Waals surface area contributed by atoms with Gasteiger partial charge in [0, 0.05) is 36.1 Å². The second kappa shape index (κ2) is 9.16. The second-order valence-corrected chi connectivity index (χ2v) is 9.93. The highest BCUT2D eigenvalue weighted by atomic mass is 32.1. The third-order valence-corrected chi connectivity index (χ3v) is 7.83. The van der Waals surface area contributed by atoms with Crippen LogP contribution >= 0.6 is 11.3 Å². The number of benzene rings is 1. The first-order valence-electron chi connectivity index (χ1n) is 11.5. The number of carbonyl (C=O) groups excluding carboxylic acids is 1. The molecule has 1 fully saturated rings. The molecule has 0 radical (unpaired) electrons. The molecule has 1 saturated heterocycles. The van der Waals surface area contributed by atoms with Crippen molar-refractivity contribution in [3.8, 4) is 11.3 Å². The molecule has 0 unspecified atom stereocenters. The Bertz CT molecular complexity index is 1100. The van der Waals surface area contributed by atoms with Crippen molar-refractivity contribution >= 4 is 17.2 Å². The first kappa shape index (κ1) is 21.3. The summed E-state index contributed by atoms with van der Waals surface area (Å²) in [5.74, 6) is 0.280. The van der Waals surface area contributed by atoms with Crippen LogP contribution in [0, 0.1) is 11.7 Å². The number of hydrogen-bond acceptors (Lipinski definition) is 4. The van der Waals surface area contributed by atoms with Crippen LogP contribution in [0.4, 0.5) is 4.39 Å². The summed E-state index contributed by atoms with van der Waals surface area (Å²) in [6.45, 7) is 3.79. The maximum atomic E-state index is 13.0. The van der Waals surface area contributed by atoms with E-state index in [9.17, 15) is 9.18 Å². The van der Waals surface area contributed by atoms with Crippen LogP contribution in [0.3, 0.4) is 0 Å². The van der Waals surface area contributed by atoms with Gasteiger partial charge in [-0.05, 0) is 80.3 Å². The van der Waals surface area contributed by atoms with E-state index in [1.165, 1.54) is 28.1 Å². The zero-order valence-electron chi connectivity index (χ0n) is 18.4. The smallest absolute Gasteiger partial charge is 0.272 e. The Labute approximate surface area is 192 Å². The zero-order valence-corrected chi connectivity index (χ0v) is 19.3. The molecule has 168 valence electrons. The van der Waals surface area contributed by atoms with E-state index in [4.69, 9.17) is 0 Å². The standard InChI is InChI=1S/C25H29FN4OS/c1-29-24-20-11-15-32-22(20)7-6-21(24)23(28-29)25(31)27-16-18-9-13-30(14-10-18)12-8-17-2-4-19(26)5-3-17/h2-5,11,15,18H,6-10,12-14,16H2,1H3,(H,27,31). The Morgan fingerprint density at radius 3 is 2.75 bits per heavy atom. The van der Waals surface area contributed by atoms with Crippen molar-refractivity contribution in [3.05, 3.63) is 63.2 Å². The fraction of sp³-hybridized carbons (Fsp3) is 0.440.